The van der Waals surface area contributed by atoms with Crippen molar-refractivity contribution in [2.24, 2.45) is 64.1 Å². The average Bonchev–Trinajstić information content (AvgIpc) is 3.22. The van der Waals surface area contributed by atoms with E-state index in [1.54, 1.807) is 13.8 Å². The van der Waals surface area contributed by atoms with Gasteiger partial charge in [-0.3, -0.25) is 14.4 Å². The van der Waals surface area contributed by atoms with E-state index in [1.807, 2.05) is 0 Å². The van der Waals surface area contributed by atoms with Crippen LogP contribution in [0.15, 0.2) is 0 Å². The number of hydrogen-bond donors (Lipinski definition) is 0. The van der Waals surface area contributed by atoms with E-state index < -0.39 is 17.9 Å². The molecule has 0 bridgehead atoms. The van der Waals surface area contributed by atoms with Crippen LogP contribution in [0.4, 0.5) is 0 Å². The fraction of sp³-hybridized carbons (Fsp3) is 0.912. The Balaban J connectivity index is 1.62. The van der Waals surface area contributed by atoms with Crippen molar-refractivity contribution in [3.8, 4) is 0 Å². The first-order chi connectivity index (χ1) is 18.5. The van der Waals surface area contributed by atoms with Gasteiger partial charge in [0, 0.05) is 12.8 Å². The molecule has 2 unspecified atom stereocenters. The van der Waals surface area contributed by atoms with Crippen molar-refractivity contribution < 1.29 is 23.9 Å². The van der Waals surface area contributed by atoms with Gasteiger partial charge in [0.1, 0.15) is 5.78 Å². The van der Waals surface area contributed by atoms with Crippen LogP contribution < -0.4 is 0 Å². The minimum atomic E-state index is -1.01. The predicted octanol–water partition coefficient (Wildman–Crippen LogP) is 7.65. The van der Waals surface area contributed by atoms with Crippen LogP contribution >= 0.6 is 0 Å². The topological polar surface area (TPSA) is 69.7 Å². The highest BCUT2D eigenvalue weighted by Crippen LogP contribution is 2.69. The van der Waals surface area contributed by atoms with Crippen molar-refractivity contribution in [1.82, 2.24) is 0 Å². The van der Waals surface area contributed by atoms with E-state index in [0.717, 1.165) is 30.6 Å². The summed E-state index contributed by atoms with van der Waals surface area (Å²) in [6.07, 6.45) is 12.1. The molecule has 4 saturated carbocycles. The number of rotatable bonds is 10. The molecule has 4 fully saturated rings. The highest BCUT2D eigenvalue weighted by atomic mass is 16.6. The molecule has 5 nitrogen and oxygen atoms in total. The summed E-state index contributed by atoms with van der Waals surface area (Å²) in [6, 6.07) is 0. The molecule has 0 N–H and O–H groups in total. The number of Topliss-reactive ketones (excluding diaryl/α,β-unsaturated/α-hetero) is 1. The van der Waals surface area contributed by atoms with E-state index in [0.29, 0.717) is 29.6 Å². The third-order valence-electron chi connectivity index (χ3n) is 12.4. The van der Waals surface area contributed by atoms with Crippen molar-refractivity contribution in [2.75, 3.05) is 13.2 Å². The standard InChI is InChI=1S/C34H56O5/c1-8-38-31(36)30(32(37)39-9-2)29-20-24(35)19-23-13-14-25-27-16-15-26(22(5)12-10-11-21(3)4)33(27,6)18-17-28(25)34(23,29)7/h21-23,25-30H,8-20H2,1-7H3/t22-,23?,25+,26-,27+,28+,29?,33-,34+/m1/s1. The number of ketones is 1. The zero-order valence-corrected chi connectivity index (χ0v) is 25.9. The largest absolute Gasteiger partial charge is 0.465 e. The number of carbonyl (C=O) groups is 3. The van der Waals surface area contributed by atoms with E-state index >= 15 is 0 Å². The second kappa shape index (κ2) is 12.2. The van der Waals surface area contributed by atoms with Gasteiger partial charge in [-0.15, -0.1) is 0 Å². The number of ether oxygens (including phenoxy) is 2. The van der Waals surface area contributed by atoms with Crippen LogP contribution in [0.25, 0.3) is 0 Å². The first-order valence-corrected chi connectivity index (χ1v) is 16.3. The summed E-state index contributed by atoms with van der Waals surface area (Å²) in [5.74, 6) is 2.14. The molecule has 0 heterocycles. The second-order valence-corrected chi connectivity index (χ2v) is 14.6. The molecule has 0 spiro atoms. The van der Waals surface area contributed by atoms with Crippen LogP contribution in [0.2, 0.25) is 0 Å². The maximum absolute atomic E-state index is 13.3. The lowest BCUT2D eigenvalue weighted by Crippen LogP contribution is -2.59. The van der Waals surface area contributed by atoms with Gasteiger partial charge in [-0.1, -0.05) is 53.9 Å². The molecule has 0 aromatic carbocycles. The lowest BCUT2D eigenvalue weighted by atomic mass is 9.41. The molecule has 4 aliphatic carbocycles. The zero-order chi connectivity index (χ0) is 28.5. The maximum Gasteiger partial charge on any atom is 0.320 e. The lowest BCUT2D eigenvalue weighted by molar-refractivity contribution is -0.184. The van der Waals surface area contributed by atoms with E-state index in [4.69, 9.17) is 9.47 Å². The molecular formula is C34H56O5. The van der Waals surface area contributed by atoms with Crippen LogP contribution in [-0.2, 0) is 23.9 Å². The molecule has 0 amide bonds. The molecule has 4 rings (SSSR count). The minimum absolute atomic E-state index is 0.191. The Bertz CT molecular complexity index is 878. The third-order valence-corrected chi connectivity index (χ3v) is 12.4. The number of carbonyl (C=O) groups excluding carboxylic acids is 3. The summed E-state index contributed by atoms with van der Waals surface area (Å²) in [5.41, 5.74) is 0.145. The Labute approximate surface area is 237 Å². The van der Waals surface area contributed by atoms with Gasteiger partial charge in [0.2, 0.25) is 0 Å². The lowest BCUT2D eigenvalue weighted by Gasteiger charge is -2.63. The van der Waals surface area contributed by atoms with Crippen LogP contribution in [0.1, 0.15) is 119 Å². The highest BCUT2D eigenvalue weighted by Gasteiger charge is 2.64. The summed E-state index contributed by atoms with van der Waals surface area (Å²) in [6.45, 7) is 16.1. The highest BCUT2D eigenvalue weighted by molar-refractivity contribution is 5.96. The van der Waals surface area contributed by atoms with Gasteiger partial charge in [-0.2, -0.15) is 0 Å². The SMILES string of the molecule is CCOC(=O)C(C(=O)OCC)C1CC(=O)CC2CC[C@@H]3[C@H](CC[C@]4(C)[C@@H]([C@H](C)CCCC(C)C)CC[C@@H]34)[C@]21C. The van der Waals surface area contributed by atoms with E-state index in [1.165, 1.54) is 44.9 Å². The molecule has 0 aromatic heterocycles. The Morgan fingerprint density at radius 2 is 1.51 bits per heavy atom. The molecule has 0 radical (unpaired) electrons. The molecule has 5 heteroatoms. The van der Waals surface area contributed by atoms with Crippen LogP contribution in [-0.4, -0.2) is 30.9 Å². The van der Waals surface area contributed by atoms with Crippen molar-refractivity contribution in [3.05, 3.63) is 0 Å². The molecule has 0 saturated heterocycles. The molecule has 39 heavy (non-hydrogen) atoms. The van der Waals surface area contributed by atoms with Crippen molar-refractivity contribution in [2.45, 2.75) is 119 Å². The van der Waals surface area contributed by atoms with E-state index in [9.17, 15) is 14.4 Å². The average molecular weight is 545 g/mol. The molecular weight excluding hydrogens is 488 g/mol. The van der Waals surface area contributed by atoms with Gasteiger partial charge in [-0.05, 0) is 111 Å². The van der Waals surface area contributed by atoms with Gasteiger partial charge in [0.15, 0.2) is 5.92 Å². The summed E-state index contributed by atoms with van der Waals surface area (Å²) in [5, 5.41) is 0. The predicted molar refractivity (Wildman–Crippen MR) is 154 cm³/mol. The van der Waals surface area contributed by atoms with E-state index in [-0.39, 0.29) is 42.7 Å². The summed E-state index contributed by atoms with van der Waals surface area (Å²) in [7, 11) is 0. The Kier molecular flexibility index (Phi) is 9.59. The first kappa shape index (κ1) is 30.6. The normalized spacial score (nSPS) is 38.6. The minimum Gasteiger partial charge on any atom is -0.465 e. The summed E-state index contributed by atoms with van der Waals surface area (Å²) >= 11 is 0. The fourth-order valence-electron chi connectivity index (χ4n) is 10.6. The van der Waals surface area contributed by atoms with Crippen molar-refractivity contribution in [1.29, 1.82) is 0 Å². The number of hydrogen-bond acceptors (Lipinski definition) is 5. The maximum atomic E-state index is 13.3. The van der Waals surface area contributed by atoms with Gasteiger partial charge in [0.25, 0.3) is 0 Å². The van der Waals surface area contributed by atoms with Crippen LogP contribution in [0.3, 0.4) is 0 Å². The third kappa shape index (κ3) is 5.59. The number of esters is 2. The Morgan fingerprint density at radius 1 is 0.846 bits per heavy atom. The van der Waals surface area contributed by atoms with E-state index in [2.05, 4.69) is 34.6 Å². The monoisotopic (exact) mass is 544 g/mol. The van der Waals surface area contributed by atoms with Gasteiger partial charge in [-0.25, -0.2) is 0 Å². The van der Waals surface area contributed by atoms with Gasteiger partial charge >= 0.3 is 11.9 Å². The second-order valence-electron chi connectivity index (χ2n) is 14.6. The van der Waals surface area contributed by atoms with Gasteiger partial charge < -0.3 is 9.47 Å². The quantitative estimate of drug-likeness (QED) is 0.209. The van der Waals surface area contributed by atoms with Gasteiger partial charge in [0.05, 0.1) is 13.2 Å². The molecule has 0 aliphatic heterocycles. The molecule has 4 aliphatic rings. The fourth-order valence-corrected chi connectivity index (χ4v) is 10.6. The smallest absolute Gasteiger partial charge is 0.320 e. The number of fused-ring (bicyclic) bond motifs is 5. The summed E-state index contributed by atoms with van der Waals surface area (Å²) < 4.78 is 10.9. The molecule has 9 atom stereocenters. The van der Waals surface area contributed by atoms with Crippen LogP contribution in [0.5, 0.6) is 0 Å². The first-order valence-electron chi connectivity index (χ1n) is 16.3. The van der Waals surface area contributed by atoms with Crippen molar-refractivity contribution >= 4 is 17.7 Å². The molecule has 222 valence electrons. The van der Waals surface area contributed by atoms with Crippen molar-refractivity contribution in [3.63, 3.8) is 0 Å². The Hall–Kier alpha value is -1.39. The summed E-state index contributed by atoms with van der Waals surface area (Å²) in [4.78, 5) is 39.6. The Morgan fingerprint density at radius 3 is 2.13 bits per heavy atom. The van der Waals surface area contributed by atoms with Crippen LogP contribution in [0, 0.1) is 64.1 Å². The zero-order valence-electron chi connectivity index (χ0n) is 25.9. The molecule has 0 aromatic rings.